The first-order valence-corrected chi connectivity index (χ1v) is 14.2. The molecular weight excluding hydrogens is 496 g/mol. The summed E-state index contributed by atoms with van der Waals surface area (Å²) in [6.45, 7) is 4.13. The van der Waals surface area contributed by atoms with Gasteiger partial charge < -0.3 is 31.5 Å². The van der Waals surface area contributed by atoms with E-state index in [1.807, 2.05) is 18.7 Å². The van der Waals surface area contributed by atoms with E-state index in [0.29, 0.717) is 22.9 Å². The van der Waals surface area contributed by atoms with Gasteiger partial charge in [0.05, 0.1) is 17.6 Å². The number of urea groups is 1. The highest BCUT2D eigenvalue weighted by molar-refractivity contribution is 7.90. The summed E-state index contributed by atoms with van der Waals surface area (Å²) >= 11 is 0. The first kappa shape index (κ1) is 26.6. The van der Waals surface area contributed by atoms with Crippen LogP contribution in [0.2, 0.25) is 0 Å². The van der Waals surface area contributed by atoms with E-state index in [2.05, 4.69) is 25.9 Å². The van der Waals surface area contributed by atoms with Crippen LogP contribution < -0.4 is 31.5 Å². The van der Waals surface area contributed by atoms with Crippen LogP contribution in [0.1, 0.15) is 39.5 Å². The normalized spacial score (nSPS) is 20.0. The fourth-order valence-corrected chi connectivity index (χ4v) is 5.15. The number of benzene rings is 1. The Morgan fingerprint density at radius 2 is 1.81 bits per heavy atom. The molecule has 4 rings (SSSR count). The van der Waals surface area contributed by atoms with Crippen molar-refractivity contribution < 1.29 is 18.0 Å². The number of nitrogens with one attached hydrogen (secondary N) is 3. The molecule has 1 saturated carbocycles. The number of likely N-dealkylation sites (N-methyl/N-ethyl adjacent to an activating group) is 1. The van der Waals surface area contributed by atoms with E-state index in [1.54, 1.807) is 19.3 Å². The van der Waals surface area contributed by atoms with Crippen molar-refractivity contribution in [3.05, 3.63) is 24.4 Å². The maximum atomic E-state index is 12.6. The van der Waals surface area contributed by atoms with Crippen molar-refractivity contribution in [2.24, 2.45) is 5.73 Å². The molecule has 0 bridgehead atoms. The van der Waals surface area contributed by atoms with Crippen LogP contribution in [0.4, 0.5) is 33.6 Å². The Kier molecular flexibility index (Phi) is 7.55. The van der Waals surface area contributed by atoms with Crippen LogP contribution in [0, 0.1) is 0 Å². The van der Waals surface area contributed by atoms with Gasteiger partial charge in [-0.2, -0.15) is 4.98 Å². The number of nitrogens with zero attached hydrogens (tertiary/aromatic N) is 4. The first-order valence-electron chi connectivity index (χ1n) is 12.3. The Balaban J connectivity index is 1.58. The lowest BCUT2D eigenvalue weighted by Crippen LogP contribution is -2.47. The lowest BCUT2D eigenvalue weighted by Gasteiger charge is -2.36. The predicted molar refractivity (Wildman–Crippen MR) is 143 cm³/mol. The van der Waals surface area contributed by atoms with Gasteiger partial charge in [-0.25, -0.2) is 18.2 Å². The molecule has 1 fully saturated rings. The van der Waals surface area contributed by atoms with Crippen molar-refractivity contribution in [3.63, 3.8) is 0 Å². The van der Waals surface area contributed by atoms with Crippen molar-refractivity contribution in [2.75, 3.05) is 40.3 Å². The predicted octanol–water partition coefficient (Wildman–Crippen LogP) is 2.21. The van der Waals surface area contributed by atoms with Crippen LogP contribution in [-0.2, 0) is 14.6 Å². The SMILES string of the molecule is CC(C)N1CC(=O)N(C)c2cnc(Nc3cc(NC(=O)NC4CCC(N)CC4)cc(S(C)(=O)=O)c3)nc21. The van der Waals surface area contributed by atoms with E-state index in [0.717, 1.165) is 31.9 Å². The first-order chi connectivity index (χ1) is 17.4. The van der Waals surface area contributed by atoms with E-state index in [9.17, 15) is 18.0 Å². The molecule has 1 aliphatic carbocycles. The molecule has 13 heteroatoms. The molecule has 1 aromatic carbocycles. The molecule has 0 unspecified atom stereocenters. The monoisotopic (exact) mass is 530 g/mol. The van der Waals surface area contributed by atoms with Crippen molar-refractivity contribution in [1.29, 1.82) is 0 Å². The van der Waals surface area contributed by atoms with E-state index < -0.39 is 15.9 Å². The largest absolute Gasteiger partial charge is 0.343 e. The summed E-state index contributed by atoms with van der Waals surface area (Å²) < 4.78 is 24.7. The second-order valence-electron chi connectivity index (χ2n) is 9.93. The maximum Gasteiger partial charge on any atom is 0.319 e. The highest BCUT2D eigenvalue weighted by Gasteiger charge is 2.30. The Labute approximate surface area is 216 Å². The van der Waals surface area contributed by atoms with Crippen LogP contribution in [0.3, 0.4) is 0 Å². The molecule has 2 aliphatic rings. The minimum absolute atomic E-state index is 0.0216. The minimum atomic E-state index is -3.58. The summed E-state index contributed by atoms with van der Waals surface area (Å²) in [5.41, 5.74) is 7.22. The molecule has 0 atom stereocenters. The third-order valence-electron chi connectivity index (χ3n) is 6.64. The molecule has 2 heterocycles. The number of carbonyl (C=O) groups is 2. The Morgan fingerprint density at radius 1 is 1.14 bits per heavy atom. The second-order valence-corrected chi connectivity index (χ2v) is 11.9. The molecule has 2 aromatic rings. The molecule has 5 N–H and O–H groups in total. The lowest BCUT2D eigenvalue weighted by molar-refractivity contribution is -0.117. The molecule has 1 aromatic heterocycles. The Bertz CT molecular complexity index is 1290. The van der Waals surface area contributed by atoms with E-state index in [1.165, 1.54) is 17.0 Å². The molecule has 1 aliphatic heterocycles. The minimum Gasteiger partial charge on any atom is -0.343 e. The zero-order valence-electron chi connectivity index (χ0n) is 21.5. The Morgan fingerprint density at radius 3 is 2.46 bits per heavy atom. The molecule has 37 heavy (non-hydrogen) atoms. The number of hydrogen-bond donors (Lipinski definition) is 4. The average Bonchev–Trinajstić information content (AvgIpc) is 2.82. The molecule has 3 amide bonds. The van der Waals surface area contributed by atoms with Gasteiger partial charge in [-0.3, -0.25) is 4.79 Å². The number of anilines is 5. The van der Waals surface area contributed by atoms with Gasteiger partial charge in [0.1, 0.15) is 5.69 Å². The summed E-state index contributed by atoms with van der Waals surface area (Å²) in [6.07, 6.45) is 5.95. The smallest absolute Gasteiger partial charge is 0.319 e. The van der Waals surface area contributed by atoms with Crippen LogP contribution >= 0.6 is 0 Å². The van der Waals surface area contributed by atoms with Gasteiger partial charge >= 0.3 is 6.03 Å². The van der Waals surface area contributed by atoms with Crippen LogP contribution in [0.5, 0.6) is 0 Å². The number of carbonyl (C=O) groups excluding carboxylic acids is 2. The molecular formula is C24H34N8O4S. The topological polar surface area (TPSA) is 163 Å². The van der Waals surface area contributed by atoms with Crippen LogP contribution in [0.25, 0.3) is 0 Å². The summed E-state index contributed by atoms with van der Waals surface area (Å²) in [5.74, 6) is 0.766. The van der Waals surface area contributed by atoms with Gasteiger partial charge in [0.15, 0.2) is 15.7 Å². The second kappa shape index (κ2) is 10.5. The Hall–Kier alpha value is -3.45. The fourth-order valence-electron chi connectivity index (χ4n) is 4.47. The van der Waals surface area contributed by atoms with Crippen molar-refractivity contribution in [2.45, 2.75) is 62.6 Å². The molecule has 200 valence electrons. The number of amides is 3. The third-order valence-corrected chi connectivity index (χ3v) is 7.73. The number of rotatable bonds is 6. The zero-order valence-corrected chi connectivity index (χ0v) is 22.3. The summed E-state index contributed by atoms with van der Waals surface area (Å²) in [5, 5.41) is 8.73. The van der Waals surface area contributed by atoms with Crippen LogP contribution in [-0.4, -0.2) is 68.3 Å². The summed E-state index contributed by atoms with van der Waals surface area (Å²) in [6, 6.07) is 4.28. The van der Waals surface area contributed by atoms with Gasteiger partial charge in [0.2, 0.25) is 11.9 Å². The molecule has 0 radical (unpaired) electrons. The lowest BCUT2D eigenvalue weighted by atomic mass is 9.92. The number of nitrogens with two attached hydrogens (primary N) is 1. The van der Waals surface area contributed by atoms with E-state index in [-0.39, 0.29) is 41.4 Å². The molecule has 0 saturated heterocycles. The summed E-state index contributed by atoms with van der Waals surface area (Å²) in [4.78, 5) is 37.4. The van der Waals surface area contributed by atoms with Crippen molar-refractivity contribution in [3.8, 4) is 0 Å². The van der Waals surface area contributed by atoms with Gasteiger partial charge in [-0.05, 0) is 57.7 Å². The average molecular weight is 531 g/mol. The van der Waals surface area contributed by atoms with Crippen LogP contribution in [0.15, 0.2) is 29.3 Å². The maximum absolute atomic E-state index is 12.6. The zero-order chi connectivity index (χ0) is 26.9. The van der Waals surface area contributed by atoms with Gasteiger partial charge in [0, 0.05) is 42.8 Å². The third kappa shape index (κ3) is 6.28. The van der Waals surface area contributed by atoms with Gasteiger partial charge in [-0.1, -0.05) is 0 Å². The van der Waals surface area contributed by atoms with Gasteiger partial charge in [-0.15, -0.1) is 0 Å². The quantitative estimate of drug-likeness (QED) is 0.438. The number of hydrogen-bond acceptors (Lipinski definition) is 9. The number of fused-ring (bicyclic) bond motifs is 1. The highest BCUT2D eigenvalue weighted by atomic mass is 32.2. The van der Waals surface area contributed by atoms with E-state index >= 15 is 0 Å². The summed E-state index contributed by atoms with van der Waals surface area (Å²) in [7, 11) is -1.90. The van der Waals surface area contributed by atoms with Crippen molar-refractivity contribution >= 4 is 50.6 Å². The number of sulfone groups is 1. The van der Waals surface area contributed by atoms with E-state index in [4.69, 9.17) is 5.73 Å². The number of aromatic nitrogens is 2. The molecule has 0 spiro atoms. The highest BCUT2D eigenvalue weighted by Crippen LogP contribution is 2.33. The van der Waals surface area contributed by atoms with Crippen molar-refractivity contribution in [1.82, 2.24) is 15.3 Å². The fraction of sp³-hybridized carbons (Fsp3) is 0.500. The van der Waals surface area contributed by atoms with Gasteiger partial charge in [0.25, 0.3) is 0 Å². The standard InChI is InChI=1S/C24H34N8O4S/c1-14(2)32-13-21(33)31(3)20-12-26-23(30-22(20)32)27-17-9-18(11-19(10-17)37(4,35)36)29-24(34)28-16-7-5-15(25)6-8-16/h9-12,14-16H,5-8,13,25H2,1-4H3,(H,26,27,30)(H2,28,29,34). The molecule has 12 nitrogen and oxygen atoms in total.